The van der Waals surface area contributed by atoms with Crippen LogP contribution in [0.25, 0.3) is 0 Å². The molecule has 1 unspecified atom stereocenters. The number of thiazole rings is 1. The van der Waals surface area contributed by atoms with E-state index in [-0.39, 0.29) is 10.9 Å². The number of aromatic nitrogens is 1. The largest absolute Gasteiger partial charge is 0.496 e. The Balaban J connectivity index is 2.04. The molecule has 2 aromatic carbocycles. The number of hydrogen-bond donors (Lipinski definition) is 2. The van der Waals surface area contributed by atoms with E-state index in [4.69, 9.17) is 21.4 Å². The molecular weight excluding hydrogens is 360 g/mol. The Hall–Kier alpha value is -2.57. The highest BCUT2D eigenvalue weighted by molar-refractivity contribution is 7.17. The first-order valence-electron chi connectivity index (χ1n) is 7.42. The summed E-state index contributed by atoms with van der Waals surface area (Å²) in [5.41, 5.74) is 1.82. The topological polar surface area (TPSA) is 71.5 Å². The zero-order valence-electron chi connectivity index (χ0n) is 13.3. The molecule has 128 valence electrons. The first-order valence-corrected chi connectivity index (χ1v) is 8.62. The van der Waals surface area contributed by atoms with Gasteiger partial charge in [-0.3, -0.25) is 0 Å². The highest BCUT2D eigenvalue weighted by Gasteiger charge is 2.20. The molecule has 0 spiro atoms. The quantitative estimate of drug-likeness (QED) is 0.654. The van der Waals surface area contributed by atoms with Crippen LogP contribution in [0.5, 0.6) is 5.75 Å². The van der Waals surface area contributed by atoms with Crippen molar-refractivity contribution in [1.29, 1.82) is 0 Å². The minimum atomic E-state index is -0.998. The Labute approximate surface area is 153 Å². The zero-order valence-corrected chi connectivity index (χ0v) is 14.8. The molecule has 1 heterocycles. The standard InChI is InChI=1S/C18H15ClN2O3S/c1-24-14-8-7-12(19)9-13(14)16(11-5-3-2-4-6-11)21-18-20-10-15(25-18)17(22)23/h2-10,16H,1H3,(H,20,21)(H,22,23). The number of rotatable bonds is 6. The summed E-state index contributed by atoms with van der Waals surface area (Å²) in [6.45, 7) is 0. The number of nitrogens with zero attached hydrogens (tertiary/aromatic N) is 1. The molecule has 0 aliphatic rings. The summed E-state index contributed by atoms with van der Waals surface area (Å²) in [5.74, 6) is -0.317. The highest BCUT2D eigenvalue weighted by atomic mass is 35.5. The number of aromatic carboxylic acids is 1. The molecule has 0 radical (unpaired) electrons. The van der Waals surface area contributed by atoms with Crippen LogP contribution in [-0.2, 0) is 0 Å². The maximum atomic E-state index is 11.1. The fraction of sp³-hybridized carbons (Fsp3) is 0.111. The first kappa shape index (κ1) is 17.3. The van der Waals surface area contributed by atoms with Crippen LogP contribution < -0.4 is 10.1 Å². The van der Waals surface area contributed by atoms with E-state index in [1.54, 1.807) is 19.2 Å². The Bertz CT molecular complexity index is 883. The number of halogens is 1. The van der Waals surface area contributed by atoms with Gasteiger partial charge in [0.1, 0.15) is 10.6 Å². The molecule has 0 amide bonds. The number of ether oxygens (including phenoxy) is 1. The molecule has 1 aromatic heterocycles. The molecular formula is C18H15ClN2O3S. The second kappa shape index (κ2) is 7.55. The van der Waals surface area contributed by atoms with Crippen molar-refractivity contribution in [2.45, 2.75) is 6.04 Å². The molecule has 1 atom stereocenters. The van der Waals surface area contributed by atoms with Crippen molar-refractivity contribution in [3.05, 3.63) is 75.8 Å². The van der Waals surface area contributed by atoms with Crippen LogP contribution in [0.3, 0.4) is 0 Å². The minimum absolute atomic E-state index is 0.173. The summed E-state index contributed by atoms with van der Waals surface area (Å²) in [6, 6.07) is 14.9. The molecule has 2 N–H and O–H groups in total. The number of carbonyl (C=O) groups is 1. The van der Waals surface area contributed by atoms with Gasteiger partial charge in [0.05, 0.1) is 19.3 Å². The van der Waals surface area contributed by atoms with Crippen molar-refractivity contribution in [2.24, 2.45) is 0 Å². The van der Waals surface area contributed by atoms with Crippen LogP contribution in [0.4, 0.5) is 5.13 Å². The molecule has 0 bridgehead atoms. The van der Waals surface area contributed by atoms with Gasteiger partial charge in [-0.15, -0.1) is 0 Å². The lowest BCUT2D eigenvalue weighted by atomic mass is 9.98. The second-order valence-corrected chi connectivity index (χ2v) is 6.68. The van der Waals surface area contributed by atoms with Gasteiger partial charge in [-0.2, -0.15) is 0 Å². The monoisotopic (exact) mass is 374 g/mol. The number of nitrogens with one attached hydrogen (secondary N) is 1. The van der Waals surface area contributed by atoms with E-state index in [1.165, 1.54) is 6.20 Å². The van der Waals surface area contributed by atoms with E-state index in [9.17, 15) is 4.79 Å². The SMILES string of the molecule is COc1ccc(Cl)cc1C(Nc1ncc(C(=O)O)s1)c1ccccc1. The maximum absolute atomic E-state index is 11.1. The van der Waals surface area contributed by atoms with Gasteiger partial charge in [-0.1, -0.05) is 53.3 Å². The van der Waals surface area contributed by atoms with Crippen LogP contribution in [0, 0.1) is 0 Å². The van der Waals surface area contributed by atoms with E-state index < -0.39 is 5.97 Å². The molecule has 0 saturated heterocycles. The summed E-state index contributed by atoms with van der Waals surface area (Å²) in [6.07, 6.45) is 1.34. The van der Waals surface area contributed by atoms with Crippen molar-refractivity contribution >= 4 is 34.0 Å². The normalized spacial score (nSPS) is 11.8. The Morgan fingerprint density at radius 3 is 2.68 bits per heavy atom. The third-order valence-corrected chi connectivity index (χ3v) is 4.77. The van der Waals surface area contributed by atoms with E-state index in [2.05, 4.69) is 10.3 Å². The van der Waals surface area contributed by atoms with Crippen LogP contribution in [0.15, 0.2) is 54.7 Å². The number of benzene rings is 2. The summed E-state index contributed by atoms with van der Waals surface area (Å²) in [4.78, 5) is 15.4. The van der Waals surface area contributed by atoms with Crippen LogP contribution in [-0.4, -0.2) is 23.2 Å². The molecule has 0 saturated carbocycles. The van der Waals surface area contributed by atoms with Gasteiger partial charge in [-0.25, -0.2) is 9.78 Å². The molecule has 3 aromatic rings. The summed E-state index contributed by atoms with van der Waals surface area (Å²) < 4.78 is 5.47. The average Bonchev–Trinajstić information content (AvgIpc) is 3.09. The van der Waals surface area contributed by atoms with Gasteiger partial charge in [0, 0.05) is 10.6 Å². The number of methoxy groups -OCH3 is 1. The molecule has 25 heavy (non-hydrogen) atoms. The van der Waals surface area contributed by atoms with Gasteiger partial charge in [-0.05, 0) is 23.8 Å². The predicted molar refractivity (Wildman–Crippen MR) is 99.0 cm³/mol. The van der Waals surface area contributed by atoms with Gasteiger partial charge in [0.15, 0.2) is 5.13 Å². The molecule has 3 rings (SSSR count). The fourth-order valence-corrected chi connectivity index (χ4v) is 3.34. The minimum Gasteiger partial charge on any atom is -0.496 e. The Kier molecular flexibility index (Phi) is 5.21. The van der Waals surface area contributed by atoms with Crippen molar-refractivity contribution in [1.82, 2.24) is 4.98 Å². The zero-order chi connectivity index (χ0) is 17.8. The van der Waals surface area contributed by atoms with Crippen molar-refractivity contribution in [3.63, 3.8) is 0 Å². The number of anilines is 1. The Morgan fingerprint density at radius 1 is 1.28 bits per heavy atom. The number of hydrogen-bond acceptors (Lipinski definition) is 5. The number of carboxylic acids is 1. The summed E-state index contributed by atoms with van der Waals surface area (Å²) in [5, 5.41) is 13.5. The Morgan fingerprint density at radius 2 is 2.04 bits per heavy atom. The lowest BCUT2D eigenvalue weighted by molar-refractivity contribution is 0.0702. The van der Waals surface area contributed by atoms with Gasteiger partial charge >= 0.3 is 5.97 Å². The molecule has 7 heteroatoms. The first-order chi connectivity index (χ1) is 12.1. The van der Waals surface area contributed by atoms with E-state index >= 15 is 0 Å². The lowest BCUT2D eigenvalue weighted by Gasteiger charge is -2.21. The third kappa shape index (κ3) is 3.92. The predicted octanol–water partition coefficient (Wildman–Crippen LogP) is 4.70. The molecule has 5 nitrogen and oxygen atoms in total. The summed E-state index contributed by atoms with van der Waals surface area (Å²) >= 11 is 7.26. The third-order valence-electron chi connectivity index (χ3n) is 3.62. The molecule has 0 fully saturated rings. The fourth-order valence-electron chi connectivity index (χ4n) is 2.48. The lowest BCUT2D eigenvalue weighted by Crippen LogP contribution is -2.13. The van der Waals surface area contributed by atoms with Crippen molar-refractivity contribution in [2.75, 3.05) is 12.4 Å². The summed E-state index contributed by atoms with van der Waals surface area (Å²) in [7, 11) is 1.60. The van der Waals surface area contributed by atoms with Crippen molar-refractivity contribution in [3.8, 4) is 5.75 Å². The van der Waals surface area contributed by atoms with Gasteiger partial charge < -0.3 is 15.2 Å². The van der Waals surface area contributed by atoms with Crippen LogP contribution in [0.1, 0.15) is 26.8 Å². The van der Waals surface area contributed by atoms with Crippen molar-refractivity contribution < 1.29 is 14.6 Å². The van der Waals surface area contributed by atoms with Gasteiger partial charge in [0.25, 0.3) is 0 Å². The van der Waals surface area contributed by atoms with Crippen LogP contribution in [0.2, 0.25) is 5.02 Å². The maximum Gasteiger partial charge on any atom is 0.347 e. The second-order valence-electron chi connectivity index (χ2n) is 5.21. The number of carboxylic acid groups (broad SMARTS) is 1. The average molecular weight is 375 g/mol. The van der Waals surface area contributed by atoms with E-state index in [1.807, 2.05) is 36.4 Å². The molecule has 0 aliphatic carbocycles. The highest BCUT2D eigenvalue weighted by Crippen LogP contribution is 2.35. The van der Waals surface area contributed by atoms with Crippen LogP contribution >= 0.6 is 22.9 Å². The van der Waals surface area contributed by atoms with E-state index in [0.29, 0.717) is 15.9 Å². The van der Waals surface area contributed by atoms with Gasteiger partial charge in [0.2, 0.25) is 0 Å². The van der Waals surface area contributed by atoms with E-state index in [0.717, 1.165) is 22.5 Å². The smallest absolute Gasteiger partial charge is 0.347 e. The molecule has 0 aliphatic heterocycles.